The minimum atomic E-state index is -3.94. The number of anilines is 1. The lowest BCUT2D eigenvalue weighted by atomic mass is 10.2. The molecule has 0 aliphatic carbocycles. The van der Waals surface area contributed by atoms with Crippen LogP contribution in [-0.2, 0) is 14.8 Å². The topological polar surface area (TPSA) is 78.8 Å². The highest BCUT2D eigenvalue weighted by atomic mass is 127. The zero-order valence-electron chi connectivity index (χ0n) is 15.6. The number of hydrogen-bond donors (Lipinski definition) is 1. The zero-order chi connectivity index (χ0) is 21.6. The number of sulfonamides is 1. The van der Waals surface area contributed by atoms with Gasteiger partial charge in [0.05, 0.1) is 16.8 Å². The van der Waals surface area contributed by atoms with E-state index in [2.05, 4.69) is 49.0 Å². The summed E-state index contributed by atoms with van der Waals surface area (Å²) >= 11 is 5.53. The van der Waals surface area contributed by atoms with Crippen molar-refractivity contribution in [3.8, 4) is 0 Å². The maximum Gasteiger partial charge on any atom is 0.264 e. The molecule has 0 saturated heterocycles. The van der Waals surface area contributed by atoms with Gasteiger partial charge in [-0.05, 0) is 65.1 Å². The number of halogens is 2. The third kappa shape index (κ3) is 5.67. The molecule has 0 aliphatic heterocycles. The summed E-state index contributed by atoms with van der Waals surface area (Å²) in [5, 5.41) is 3.94. The van der Waals surface area contributed by atoms with Crippen LogP contribution in [-0.4, -0.2) is 27.1 Å². The summed E-state index contributed by atoms with van der Waals surface area (Å²) in [5.41, 5.74) is 3.57. The molecule has 30 heavy (non-hydrogen) atoms. The molecule has 0 aliphatic rings. The van der Waals surface area contributed by atoms with Crippen LogP contribution in [0.5, 0.6) is 0 Å². The fourth-order valence-corrected chi connectivity index (χ4v) is 4.75. The lowest BCUT2D eigenvalue weighted by molar-refractivity contribution is -0.119. The average molecular weight is 598 g/mol. The van der Waals surface area contributed by atoms with Crippen molar-refractivity contribution in [2.24, 2.45) is 5.10 Å². The van der Waals surface area contributed by atoms with Gasteiger partial charge in [0.25, 0.3) is 15.9 Å². The number of benzene rings is 3. The minimum Gasteiger partial charge on any atom is -0.271 e. The molecule has 0 unspecified atom stereocenters. The van der Waals surface area contributed by atoms with Gasteiger partial charge in [0, 0.05) is 13.6 Å². The highest BCUT2D eigenvalue weighted by Crippen LogP contribution is 2.24. The monoisotopic (exact) mass is 597 g/mol. The van der Waals surface area contributed by atoms with Gasteiger partial charge in [-0.15, -0.1) is 0 Å². The number of nitrogens with one attached hydrogen (secondary N) is 1. The third-order valence-corrected chi connectivity index (χ3v) is 7.26. The molecule has 154 valence electrons. The van der Waals surface area contributed by atoms with Gasteiger partial charge in [0.1, 0.15) is 6.54 Å². The van der Waals surface area contributed by atoms with Gasteiger partial charge < -0.3 is 0 Å². The van der Waals surface area contributed by atoms with E-state index in [9.17, 15) is 13.2 Å². The summed E-state index contributed by atoms with van der Waals surface area (Å²) in [6.45, 7) is -0.412. The molecule has 6 nitrogen and oxygen atoms in total. The second-order valence-corrected chi connectivity index (χ2v) is 10.1. The Kier molecular flexibility index (Phi) is 7.62. The fourth-order valence-electron chi connectivity index (χ4n) is 2.56. The van der Waals surface area contributed by atoms with Crippen LogP contribution in [0.3, 0.4) is 0 Å². The first-order chi connectivity index (χ1) is 14.4. The average Bonchev–Trinajstić information content (AvgIpc) is 2.75. The minimum absolute atomic E-state index is 0.105. The molecule has 1 N–H and O–H groups in total. The van der Waals surface area contributed by atoms with Gasteiger partial charge in [-0.3, -0.25) is 9.10 Å². The Morgan fingerprint density at radius 1 is 1.00 bits per heavy atom. The summed E-state index contributed by atoms with van der Waals surface area (Å²) in [4.78, 5) is 12.6. The molecule has 1 amide bonds. The van der Waals surface area contributed by atoms with Crippen LogP contribution >= 0.6 is 38.5 Å². The molecule has 0 radical (unpaired) electrons. The molecule has 0 saturated carbocycles. The van der Waals surface area contributed by atoms with E-state index in [-0.39, 0.29) is 4.90 Å². The zero-order valence-corrected chi connectivity index (χ0v) is 20.1. The van der Waals surface area contributed by atoms with Crippen molar-refractivity contribution in [2.45, 2.75) is 4.90 Å². The maximum atomic E-state index is 13.2. The molecule has 3 aromatic rings. The highest BCUT2D eigenvalue weighted by Gasteiger charge is 2.27. The van der Waals surface area contributed by atoms with Crippen LogP contribution in [0.15, 0.2) is 93.3 Å². The number of carbonyl (C=O) groups is 1. The predicted molar refractivity (Wildman–Crippen MR) is 130 cm³/mol. The maximum absolute atomic E-state index is 13.2. The molecule has 0 aromatic heterocycles. The summed E-state index contributed by atoms with van der Waals surface area (Å²) in [5.74, 6) is -0.559. The van der Waals surface area contributed by atoms with Crippen molar-refractivity contribution < 1.29 is 13.2 Å². The largest absolute Gasteiger partial charge is 0.271 e. The van der Waals surface area contributed by atoms with E-state index < -0.39 is 22.5 Å². The van der Waals surface area contributed by atoms with E-state index >= 15 is 0 Å². The van der Waals surface area contributed by atoms with Crippen LogP contribution in [0.2, 0.25) is 0 Å². The molecular formula is C21H17BrIN3O3S. The first-order valence-electron chi connectivity index (χ1n) is 8.78. The summed E-state index contributed by atoms with van der Waals surface area (Å²) < 4.78 is 29.2. The third-order valence-electron chi connectivity index (χ3n) is 4.03. The summed E-state index contributed by atoms with van der Waals surface area (Å²) in [6, 6.07) is 22.3. The van der Waals surface area contributed by atoms with Gasteiger partial charge in [0.15, 0.2) is 0 Å². The molecule has 9 heteroatoms. The standard InChI is InChI=1S/C21H17BrIN3O3S/c22-20-9-5-4-6-16(20)14-24-25-21(27)15-26(18-12-10-17(23)11-13-18)30(28,29)19-7-2-1-3-8-19/h1-14H,15H2,(H,25,27)/b24-14-. The van der Waals surface area contributed by atoms with Gasteiger partial charge in [-0.1, -0.05) is 52.3 Å². The van der Waals surface area contributed by atoms with Crippen molar-refractivity contribution in [3.05, 3.63) is 92.5 Å². The lowest BCUT2D eigenvalue weighted by Crippen LogP contribution is -2.39. The Labute approximate surface area is 197 Å². The molecule has 0 fully saturated rings. The second-order valence-electron chi connectivity index (χ2n) is 6.12. The number of hydrazone groups is 1. The van der Waals surface area contributed by atoms with Crippen LogP contribution < -0.4 is 9.73 Å². The van der Waals surface area contributed by atoms with Crippen molar-refractivity contribution in [1.29, 1.82) is 0 Å². The Balaban J connectivity index is 1.83. The number of hydrogen-bond acceptors (Lipinski definition) is 4. The molecular weight excluding hydrogens is 581 g/mol. The smallest absolute Gasteiger partial charge is 0.264 e. The van der Waals surface area contributed by atoms with E-state index in [1.54, 1.807) is 42.5 Å². The van der Waals surface area contributed by atoms with Gasteiger partial charge in [-0.2, -0.15) is 5.10 Å². The molecule has 0 bridgehead atoms. The lowest BCUT2D eigenvalue weighted by Gasteiger charge is -2.23. The van der Waals surface area contributed by atoms with Crippen molar-refractivity contribution >= 4 is 66.4 Å². The molecule has 3 aromatic carbocycles. The number of nitrogens with zero attached hydrogens (tertiary/aromatic N) is 2. The second kappa shape index (κ2) is 10.2. The van der Waals surface area contributed by atoms with Crippen LogP contribution in [0.25, 0.3) is 0 Å². The van der Waals surface area contributed by atoms with E-state index in [1.165, 1.54) is 18.3 Å². The van der Waals surface area contributed by atoms with Crippen LogP contribution in [0, 0.1) is 3.57 Å². The molecule has 0 heterocycles. The predicted octanol–water partition coefficient (Wildman–Crippen LogP) is 4.40. The van der Waals surface area contributed by atoms with E-state index in [1.807, 2.05) is 24.3 Å². The first kappa shape index (κ1) is 22.4. The van der Waals surface area contributed by atoms with E-state index in [0.29, 0.717) is 5.69 Å². The van der Waals surface area contributed by atoms with Crippen LogP contribution in [0.4, 0.5) is 5.69 Å². The van der Waals surface area contributed by atoms with Crippen molar-refractivity contribution in [2.75, 3.05) is 10.8 Å². The number of carbonyl (C=O) groups excluding carboxylic acids is 1. The number of amides is 1. The molecule has 3 rings (SSSR count). The van der Waals surface area contributed by atoms with Crippen molar-refractivity contribution in [3.63, 3.8) is 0 Å². The SMILES string of the molecule is O=C(CN(c1ccc(I)cc1)S(=O)(=O)c1ccccc1)N/N=C\c1ccccc1Br. The van der Waals surface area contributed by atoms with Crippen LogP contribution in [0.1, 0.15) is 5.56 Å². The van der Waals surface area contributed by atoms with E-state index in [0.717, 1.165) is 17.9 Å². The fraction of sp³-hybridized carbons (Fsp3) is 0.0476. The quantitative estimate of drug-likeness (QED) is 0.249. The summed E-state index contributed by atoms with van der Waals surface area (Å²) in [6.07, 6.45) is 1.49. The van der Waals surface area contributed by atoms with Gasteiger partial charge in [-0.25, -0.2) is 13.8 Å². The highest BCUT2D eigenvalue weighted by molar-refractivity contribution is 14.1. The van der Waals surface area contributed by atoms with Gasteiger partial charge >= 0.3 is 0 Å². The Morgan fingerprint density at radius 3 is 2.30 bits per heavy atom. The molecule has 0 atom stereocenters. The Bertz CT molecular complexity index is 1150. The first-order valence-corrected chi connectivity index (χ1v) is 12.1. The Hall–Kier alpha value is -2.24. The number of rotatable bonds is 7. The molecule has 0 spiro atoms. The van der Waals surface area contributed by atoms with Gasteiger partial charge in [0.2, 0.25) is 0 Å². The summed E-state index contributed by atoms with van der Waals surface area (Å²) in [7, 11) is -3.94. The van der Waals surface area contributed by atoms with E-state index in [4.69, 9.17) is 0 Å². The Morgan fingerprint density at radius 2 is 1.63 bits per heavy atom. The normalized spacial score (nSPS) is 11.4. The van der Waals surface area contributed by atoms with Crippen molar-refractivity contribution in [1.82, 2.24) is 5.43 Å².